The Morgan fingerprint density at radius 2 is 2.10 bits per heavy atom. The molecule has 0 fully saturated rings. The van der Waals surface area contributed by atoms with Gasteiger partial charge in [-0.3, -0.25) is 0 Å². The Morgan fingerprint density at radius 3 is 2.76 bits per heavy atom. The average Bonchev–Trinajstić information content (AvgIpc) is 2.42. The van der Waals surface area contributed by atoms with Gasteiger partial charge in [-0.2, -0.15) is 4.98 Å². The number of nitrogen functional groups attached to an aromatic ring is 1. The normalized spacial score (nSPS) is 10.7. The Morgan fingerprint density at radius 1 is 1.33 bits per heavy atom. The van der Waals surface area contributed by atoms with Crippen LogP contribution in [0.5, 0.6) is 5.88 Å². The standard InChI is InChI=1S/C15H17BrFN3O/c1-9(2)8-21-15-12(18)4-6-14(20-15)19-13-5-3-10(16)7-11(13)17/h3-7,9H,8,18H2,1-2H3,(H,19,20). The highest BCUT2D eigenvalue weighted by Crippen LogP contribution is 2.26. The molecule has 0 aliphatic rings. The fourth-order valence-electron chi connectivity index (χ4n) is 1.61. The highest BCUT2D eigenvalue weighted by atomic mass is 79.9. The zero-order valence-corrected chi connectivity index (χ0v) is 13.4. The van der Waals surface area contributed by atoms with E-state index < -0.39 is 0 Å². The molecule has 0 aliphatic carbocycles. The summed E-state index contributed by atoms with van der Waals surface area (Å²) in [7, 11) is 0. The number of nitrogens with one attached hydrogen (secondary N) is 1. The Balaban J connectivity index is 2.18. The van der Waals surface area contributed by atoms with E-state index in [1.807, 2.05) is 13.8 Å². The van der Waals surface area contributed by atoms with E-state index in [0.29, 0.717) is 40.1 Å². The monoisotopic (exact) mass is 353 g/mol. The molecule has 0 aliphatic heterocycles. The number of nitrogens with two attached hydrogens (primary N) is 1. The number of hydrogen-bond acceptors (Lipinski definition) is 4. The van der Waals surface area contributed by atoms with Crippen molar-refractivity contribution in [3.05, 3.63) is 40.6 Å². The van der Waals surface area contributed by atoms with Crippen molar-refractivity contribution in [1.29, 1.82) is 0 Å². The number of pyridine rings is 1. The van der Waals surface area contributed by atoms with E-state index in [4.69, 9.17) is 10.5 Å². The van der Waals surface area contributed by atoms with Gasteiger partial charge in [0.1, 0.15) is 11.6 Å². The number of benzene rings is 1. The second-order valence-electron chi connectivity index (χ2n) is 5.04. The molecule has 0 saturated carbocycles. The number of hydrogen-bond donors (Lipinski definition) is 2. The van der Waals surface area contributed by atoms with E-state index >= 15 is 0 Å². The van der Waals surface area contributed by atoms with Crippen LogP contribution in [0.25, 0.3) is 0 Å². The molecule has 0 spiro atoms. The third kappa shape index (κ3) is 4.32. The summed E-state index contributed by atoms with van der Waals surface area (Å²) >= 11 is 3.22. The minimum atomic E-state index is -0.368. The number of ether oxygens (including phenoxy) is 1. The Kier molecular flexibility index (Phi) is 5.01. The maximum Gasteiger partial charge on any atom is 0.239 e. The molecule has 21 heavy (non-hydrogen) atoms. The Labute approximate surface area is 131 Å². The zero-order valence-electron chi connectivity index (χ0n) is 11.9. The third-order valence-corrected chi connectivity index (χ3v) is 3.13. The number of aromatic nitrogens is 1. The summed E-state index contributed by atoms with van der Waals surface area (Å²) in [5, 5.41) is 2.91. The smallest absolute Gasteiger partial charge is 0.239 e. The Bertz CT molecular complexity index is 634. The van der Waals surface area contributed by atoms with Crippen molar-refractivity contribution in [2.45, 2.75) is 13.8 Å². The van der Waals surface area contributed by atoms with Gasteiger partial charge in [-0.15, -0.1) is 0 Å². The molecular weight excluding hydrogens is 337 g/mol. The van der Waals surface area contributed by atoms with Crippen molar-refractivity contribution in [2.24, 2.45) is 5.92 Å². The Hall–Kier alpha value is -1.82. The SMILES string of the molecule is CC(C)COc1nc(Nc2ccc(Br)cc2F)ccc1N. The molecule has 112 valence electrons. The predicted molar refractivity (Wildman–Crippen MR) is 86.4 cm³/mol. The van der Waals surface area contributed by atoms with E-state index in [-0.39, 0.29) is 5.82 Å². The van der Waals surface area contributed by atoms with Gasteiger partial charge < -0.3 is 15.8 Å². The van der Waals surface area contributed by atoms with E-state index in [2.05, 4.69) is 26.2 Å². The molecular formula is C15H17BrFN3O. The summed E-state index contributed by atoms with van der Waals surface area (Å²) in [6.07, 6.45) is 0. The van der Waals surface area contributed by atoms with Crippen molar-refractivity contribution in [1.82, 2.24) is 4.98 Å². The first-order chi connectivity index (χ1) is 9.95. The van der Waals surface area contributed by atoms with Crippen LogP contribution in [0.1, 0.15) is 13.8 Å². The van der Waals surface area contributed by atoms with Gasteiger partial charge in [0.05, 0.1) is 18.0 Å². The molecule has 1 heterocycles. The van der Waals surface area contributed by atoms with Crippen molar-refractivity contribution in [3.8, 4) is 5.88 Å². The third-order valence-electron chi connectivity index (χ3n) is 2.64. The summed E-state index contributed by atoms with van der Waals surface area (Å²) in [6, 6.07) is 8.13. The average molecular weight is 354 g/mol. The van der Waals surface area contributed by atoms with Crippen LogP contribution in [0.2, 0.25) is 0 Å². The van der Waals surface area contributed by atoms with Gasteiger partial charge in [-0.25, -0.2) is 4.39 Å². The number of rotatable bonds is 5. The molecule has 1 aromatic heterocycles. The number of halogens is 2. The quantitative estimate of drug-likeness (QED) is 0.838. The van der Waals surface area contributed by atoms with Crippen LogP contribution in [0.3, 0.4) is 0 Å². The van der Waals surface area contributed by atoms with Crippen molar-refractivity contribution in [3.63, 3.8) is 0 Å². The maximum absolute atomic E-state index is 13.8. The first kappa shape index (κ1) is 15.6. The largest absolute Gasteiger partial charge is 0.476 e. The van der Waals surface area contributed by atoms with Crippen LogP contribution in [-0.4, -0.2) is 11.6 Å². The first-order valence-electron chi connectivity index (χ1n) is 6.57. The van der Waals surface area contributed by atoms with Crippen LogP contribution in [0, 0.1) is 11.7 Å². The fourth-order valence-corrected chi connectivity index (χ4v) is 1.94. The summed E-state index contributed by atoms with van der Waals surface area (Å²) in [6.45, 7) is 4.60. The lowest BCUT2D eigenvalue weighted by Crippen LogP contribution is -2.08. The van der Waals surface area contributed by atoms with Crippen LogP contribution in [0.15, 0.2) is 34.8 Å². The minimum Gasteiger partial charge on any atom is -0.476 e. The van der Waals surface area contributed by atoms with E-state index in [9.17, 15) is 4.39 Å². The lowest BCUT2D eigenvalue weighted by Gasteiger charge is -2.12. The van der Waals surface area contributed by atoms with Gasteiger partial charge in [-0.05, 0) is 36.2 Å². The molecule has 0 amide bonds. The fraction of sp³-hybridized carbons (Fsp3) is 0.267. The summed E-state index contributed by atoms with van der Waals surface area (Å²) in [5.41, 5.74) is 6.62. The number of anilines is 3. The van der Waals surface area contributed by atoms with Gasteiger partial charge in [0, 0.05) is 4.47 Å². The highest BCUT2D eigenvalue weighted by molar-refractivity contribution is 9.10. The zero-order chi connectivity index (χ0) is 15.4. The summed E-state index contributed by atoms with van der Waals surface area (Å²) in [5.74, 6) is 0.829. The predicted octanol–water partition coefficient (Wildman–Crippen LogP) is 4.34. The van der Waals surface area contributed by atoms with E-state index in [1.54, 1.807) is 24.3 Å². The van der Waals surface area contributed by atoms with Gasteiger partial charge in [-0.1, -0.05) is 29.8 Å². The van der Waals surface area contributed by atoms with Crippen LogP contribution in [-0.2, 0) is 0 Å². The van der Waals surface area contributed by atoms with Crippen molar-refractivity contribution >= 4 is 33.1 Å². The second kappa shape index (κ2) is 6.76. The molecule has 0 atom stereocenters. The maximum atomic E-state index is 13.8. The molecule has 0 saturated heterocycles. The lowest BCUT2D eigenvalue weighted by molar-refractivity contribution is 0.263. The molecule has 2 aromatic rings. The van der Waals surface area contributed by atoms with Gasteiger partial charge in [0.15, 0.2) is 0 Å². The van der Waals surface area contributed by atoms with E-state index in [0.717, 1.165) is 0 Å². The summed E-state index contributed by atoms with van der Waals surface area (Å²) in [4.78, 5) is 4.27. The molecule has 0 radical (unpaired) electrons. The molecule has 0 bridgehead atoms. The molecule has 4 nitrogen and oxygen atoms in total. The molecule has 6 heteroatoms. The molecule has 3 N–H and O–H groups in total. The van der Waals surface area contributed by atoms with Gasteiger partial charge in [0.2, 0.25) is 5.88 Å². The highest BCUT2D eigenvalue weighted by Gasteiger charge is 2.08. The van der Waals surface area contributed by atoms with Crippen LogP contribution >= 0.6 is 15.9 Å². The van der Waals surface area contributed by atoms with Gasteiger partial charge >= 0.3 is 0 Å². The number of nitrogens with zero attached hydrogens (tertiary/aromatic N) is 1. The topological polar surface area (TPSA) is 60.2 Å². The van der Waals surface area contributed by atoms with Crippen molar-refractivity contribution < 1.29 is 9.13 Å². The molecule has 1 aromatic carbocycles. The second-order valence-corrected chi connectivity index (χ2v) is 5.96. The molecule has 0 unspecified atom stereocenters. The van der Waals surface area contributed by atoms with Crippen molar-refractivity contribution in [2.75, 3.05) is 17.7 Å². The minimum absolute atomic E-state index is 0.338. The lowest BCUT2D eigenvalue weighted by atomic mass is 10.2. The van der Waals surface area contributed by atoms with Crippen LogP contribution < -0.4 is 15.8 Å². The van der Waals surface area contributed by atoms with E-state index in [1.165, 1.54) is 6.07 Å². The first-order valence-corrected chi connectivity index (χ1v) is 7.36. The van der Waals surface area contributed by atoms with Gasteiger partial charge in [0.25, 0.3) is 0 Å². The van der Waals surface area contributed by atoms with Crippen LogP contribution in [0.4, 0.5) is 21.6 Å². The molecule has 2 rings (SSSR count). The summed E-state index contributed by atoms with van der Waals surface area (Å²) < 4.78 is 20.0.